The van der Waals surface area contributed by atoms with Gasteiger partial charge in [-0.25, -0.2) is 0 Å². The molecule has 0 heterocycles. The number of hydrogen-bond donors (Lipinski definition) is 0. The van der Waals surface area contributed by atoms with E-state index < -0.39 is 0 Å². The molecule has 1 nitrogen and oxygen atoms in total. The summed E-state index contributed by atoms with van der Waals surface area (Å²) >= 11 is 13.3. The largest absolute Gasteiger partial charge is 0.295 e. The third-order valence-electron chi connectivity index (χ3n) is 4.25. The van der Waals surface area contributed by atoms with Gasteiger partial charge in [0.25, 0.3) is 0 Å². The third kappa shape index (κ3) is 1.14. The van der Waals surface area contributed by atoms with Gasteiger partial charge in [0, 0.05) is 12.3 Å². The van der Waals surface area contributed by atoms with Gasteiger partial charge in [0.15, 0.2) is 5.78 Å². The highest BCUT2D eigenvalue weighted by atomic mass is 35.5. The summed E-state index contributed by atoms with van der Waals surface area (Å²) in [5.41, 5.74) is 1.11. The van der Waals surface area contributed by atoms with Crippen LogP contribution < -0.4 is 0 Å². The molecule has 0 spiro atoms. The first kappa shape index (κ1) is 10.2. The van der Waals surface area contributed by atoms with E-state index in [4.69, 9.17) is 23.2 Å². The third-order valence-corrected chi connectivity index (χ3v) is 5.94. The van der Waals surface area contributed by atoms with Crippen molar-refractivity contribution in [3.05, 3.63) is 11.6 Å². The van der Waals surface area contributed by atoms with Crippen molar-refractivity contribution in [2.75, 3.05) is 0 Å². The Kier molecular flexibility index (Phi) is 2.04. The number of carbonyl (C=O) groups is 1. The summed E-state index contributed by atoms with van der Waals surface area (Å²) in [6.45, 7) is 0. The molecule has 3 heteroatoms. The fourth-order valence-electron chi connectivity index (χ4n) is 3.38. The molecule has 0 radical (unpaired) electrons. The van der Waals surface area contributed by atoms with Crippen molar-refractivity contribution < 1.29 is 4.79 Å². The summed E-state index contributed by atoms with van der Waals surface area (Å²) in [6.07, 6.45) is 7.74. The molecule has 15 heavy (non-hydrogen) atoms. The van der Waals surface area contributed by atoms with Crippen molar-refractivity contribution >= 4 is 29.0 Å². The highest BCUT2D eigenvalue weighted by Gasteiger charge is 2.77. The topological polar surface area (TPSA) is 17.1 Å². The van der Waals surface area contributed by atoms with E-state index in [2.05, 4.69) is 0 Å². The van der Waals surface area contributed by atoms with Crippen LogP contribution in [0.15, 0.2) is 11.6 Å². The second-order valence-electron chi connectivity index (χ2n) is 5.03. The molecule has 0 aromatic rings. The number of hydrogen-bond acceptors (Lipinski definition) is 1. The molecule has 3 atom stereocenters. The van der Waals surface area contributed by atoms with Gasteiger partial charge >= 0.3 is 0 Å². The van der Waals surface area contributed by atoms with Gasteiger partial charge in [0.05, 0.1) is 9.75 Å². The number of allylic oxidation sites excluding steroid dienone is 2. The van der Waals surface area contributed by atoms with E-state index in [1.807, 2.05) is 0 Å². The molecule has 2 fully saturated rings. The van der Waals surface area contributed by atoms with Crippen molar-refractivity contribution in [2.45, 2.75) is 48.3 Å². The first-order chi connectivity index (χ1) is 7.09. The normalized spacial score (nSPS) is 48.8. The first-order valence-electron chi connectivity index (χ1n) is 5.71. The summed E-state index contributed by atoms with van der Waals surface area (Å²) in [4.78, 5) is 10.9. The average molecular weight is 245 g/mol. The average Bonchev–Trinajstić information content (AvgIpc) is 2.65. The number of carbonyl (C=O) groups excluding carboxylic acids is 1. The molecule has 0 aromatic heterocycles. The van der Waals surface area contributed by atoms with E-state index in [1.165, 1.54) is 6.42 Å². The lowest BCUT2D eigenvalue weighted by Gasteiger charge is -2.22. The maximum Gasteiger partial charge on any atom is 0.156 e. The molecule has 0 aromatic carbocycles. The predicted molar refractivity (Wildman–Crippen MR) is 61.5 cm³/mol. The molecule has 3 aliphatic carbocycles. The van der Waals surface area contributed by atoms with Gasteiger partial charge in [-0.2, -0.15) is 0 Å². The minimum Gasteiger partial charge on any atom is -0.295 e. The Morgan fingerprint density at radius 2 is 2.07 bits per heavy atom. The van der Waals surface area contributed by atoms with Crippen LogP contribution in [0.3, 0.4) is 0 Å². The fourth-order valence-corrected chi connectivity index (χ4v) is 4.59. The number of alkyl halides is 2. The Balaban J connectivity index is 2.04. The zero-order valence-electron chi connectivity index (χ0n) is 8.56. The van der Waals surface area contributed by atoms with Crippen LogP contribution in [0.2, 0.25) is 0 Å². The van der Waals surface area contributed by atoms with Gasteiger partial charge in [-0.3, -0.25) is 4.79 Å². The molecule has 82 valence electrons. The van der Waals surface area contributed by atoms with Crippen LogP contribution in [-0.4, -0.2) is 15.5 Å². The molecule has 0 aliphatic heterocycles. The summed E-state index contributed by atoms with van der Waals surface area (Å²) in [7, 11) is 0. The summed E-state index contributed by atoms with van der Waals surface area (Å²) in [5, 5.41) is 0. The summed E-state index contributed by atoms with van der Waals surface area (Å²) in [6, 6.07) is 0. The SMILES string of the molecule is O=C1C=C2CCCCC[C@@]3(Cl)[C@@H](C1)[C@]23Cl. The zero-order valence-corrected chi connectivity index (χ0v) is 10.1. The van der Waals surface area contributed by atoms with E-state index in [0.717, 1.165) is 31.3 Å². The Hall–Kier alpha value is -0.0100. The highest BCUT2D eigenvalue weighted by Crippen LogP contribution is 2.73. The zero-order chi connectivity index (χ0) is 10.7. The quantitative estimate of drug-likeness (QED) is 0.597. The minimum absolute atomic E-state index is 0.193. The van der Waals surface area contributed by atoms with E-state index in [1.54, 1.807) is 6.08 Å². The van der Waals surface area contributed by atoms with E-state index in [-0.39, 0.29) is 21.4 Å². The standard InChI is InChI=1S/C12H14Cl2O/c13-11-5-3-1-2-4-8-6-9(15)7-10(11)12(8,11)14/h6,10H,1-5,7H2/t10-,11-,12-/m1/s1. The molecule has 0 N–H and O–H groups in total. The van der Waals surface area contributed by atoms with Crippen LogP contribution in [0.5, 0.6) is 0 Å². The van der Waals surface area contributed by atoms with Crippen LogP contribution in [0.1, 0.15) is 38.5 Å². The molecular formula is C12H14Cl2O. The molecule has 0 unspecified atom stereocenters. The summed E-state index contributed by atoms with van der Waals surface area (Å²) < 4.78 is 0. The maximum absolute atomic E-state index is 11.6. The first-order valence-corrected chi connectivity index (χ1v) is 6.46. The molecule has 0 saturated heterocycles. The van der Waals surface area contributed by atoms with Gasteiger partial charge < -0.3 is 0 Å². The smallest absolute Gasteiger partial charge is 0.156 e. The second-order valence-corrected chi connectivity index (χ2v) is 6.30. The van der Waals surface area contributed by atoms with E-state index in [0.29, 0.717) is 6.42 Å². The van der Waals surface area contributed by atoms with Gasteiger partial charge in [0.2, 0.25) is 0 Å². The van der Waals surface area contributed by atoms with Gasteiger partial charge in [0.1, 0.15) is 0 Å². The molecule has 3 rings (SSSR count). The molecule has 0 amide bonds. The van der Waals surface area contributed by atoms with E-state index in [9.17, 15) is 4.79 Å². The Morgan fingerprint density at radius 1 is 1.27 bits per heavy atom. The van der Waals surface area contributed by atoms with Crippen molar-refractivity contribution in [1.29, 1.82) is 0 Å². The summed E-state index contributed by atoms with van der Waals surface area (Å²) in [5.74, 6) is 0.412. The number of rotatable bonds is 0. The Labute approximate surface area is 99.8 Å². The van der Waals surface area contributed by atoms with Gasteiger partial charge in [-0.15, -0.1) is 23.2 Å². The van der Waals surface area contributed by atoms with Crippen molar-refractivity contribution in [3.8, 4) is 0 Å². The number of ketones is 1. The molecule has 2 saturated carbocycles. The van der Waals surface area contributed by atoms with Crippen molar-refractivity contribution in [3.63, 3.8) is 0 Å². The van der Waals surface area contributed by atoms with Crippen molar-refractivity contribution in [2.24, 2.45) is 5.92 Å². The monoisotopic (exact) mass is 244 g/mol. The van der Waals surface area contributed by atoms with Crippen LogP contribution in [-0.2, 0) is 4.79 Å². The maximum atomic E-state index is 11.6. The highest BCUT2D eigenvalue weighted by molar-refractivity contribution is 6.42. The Bertz CT molecular complexity index is 363. The lowest BCUT2D eigenvalue weighted by atomic mass is 9.92. The van der Waals surface area contributed by atoms with Crippen LogP contribution >= 0.6 is 23.2 Å². The minimum atomic E-state index is -0.372. The molecule has 0 bridgehead atoms. The van der Waals surface area contributed by atoms with E-state index >= 15 is 0 Å². The van der Waals surface area contributed by atoms with Gasteiger partial charge in [-0.05, 0) is 30.9 Å². The Morgan fingerprint density at radius 3 is 2.87 bits per heavy atom. The predicted octanol–water partition coefficient (Wildman–Crippen LogP) is 3.43. The van der Waals surface area contributed by atoms with Crippen LogP contribution in [0.4, 0.5) is 0 Å². The lowest BCUT2D eigenvalue weighted by molar-refractivity contribution is -0.115. The molecular weight excluding hydrogens is 231 g/mol. The van der Waals surface area contributed by atoms with Gasteiger partial charge in [-0.1, -0.05) is 12.8 Å². The lowest BCUT2D eigenvalue weighted by Crippen LogP contribution is -2.21. The fraction of sp³-hybridized carbons (Fsp3) is 0.750. The number of fused-ring (bicyclic) bond motifs is 1. The molecule has 3 aliphatic rings. The van der Waals surface area contributed by atoms with Crippen molar-refractivity contribution in [1.82, 2.24) is 0 Å². The number of halogens is 2. The van der Waals surface area contributed by atoms with Crippen LogP contribution in [0, 0.1) is 5.92 Å². The van der Waals surface area contributed by atoms with Crippen LogP contribution in [0.25, 0.3) is 0 Å². The second kappa shape index (κ2) is 3.01.